The molecule has 0 unspecified atom stereocenters. The van der Waals surface area contributed by atoms with Gasteiger partial charge in [-0.2, -0.15) is 0 Å². The second-order valence-corrected chi connectivity index (χ2v) is 7.39. The largest absolute Gasteiger partial charge is 0.494 e. The Kier molecular flexibility index (Phi) is 6.17. The summed E-state index contributed by atoms with van der Waals surface area (Å²) in [5.41, 5.74) is 3.29. The summed E-state index contributed by atoms with van der Waals surface area (Å²) < 4.78 is 5.48. The van der Waals surface area contributed by atoms with Crippen molar-refractivity contribution in [3.8, 4) is 5.75 Å². The Morgan fingerprint density at radius 1 is 0.968 bits per heavy atom. The van der Waals surface area contributed by atoms with Crippen molar-refractivity contribution in [1.29, 1.82) is 0 Å². The zero-order valence-corrected chi connectivity index (χ0v) is 17.4. The van der Waals surface area contributed by atoms with Crippen LogP contribution in [0.4, 0.5) is 16.2 Å². The van der Waals surface area contributed by atoms with Crippen molar-refractivity contribution in [3.05, 3.63) is 90.0 Å². The third-order valence-electron chi connectivity index (χ3n) is 5.34. The van der Waals surface area contributed by atoms with E-state index in [0.29, 0.717) is 24.4 Å². The van der Waals surface area contributed by atoms with E-state index in [2.05, 4.69) is 10.6 Å². The van der Waals surface area contributed by atoms with Crippen LogP contribution in [0.15, 0.2) is 78.9 Å². The van der Waals surface area contributed by atoms with Gasteiger partial charge in [0, 0.05) is 24.7 Å². The SMILES string of the molecule is COc1cc(NC(=O)NC(c2ccccc2)c2ccccc2)ccc1N1CCCC1=O. The van der Waals surface area contributed by atoms with Crippen molar-refractivity contribution in [2.75, 3.05) is 23.9 Å². The van der Waals surface area contributed by atoms with E-state index in [1.807, 2.05) is 66.7 Å². The van der Waals surface area contributed by atoms with Gasteiger partial charge in [0.05, 0.1) is 18.8 Å². The third-order valence-corrected chi connectivity index (χ3v) is 5.34. The van der Waals surface area contributed by atoms with Crippen LogP contribution in [0.1, 0.15) is 30.0 Å². The highest BCUT2D eigenvalue weighted by molar-refractivity contribution is 5.97. The number of carbonyl (C=O) groups excluding carboxylic acids is 2. The zero-order chi connectivity index (χ0) is 21.6. The number of carbonyl (C=O) groups is 2. The van der Waals surface area contributed by atoms with Crippen LogP contribution in [0.3, 0.4) is 0 Å². The van der Waals surface area contributed by atoms with Gasteiger partial charge in [-0.3, -0.25) is 4.79 Å². The van der Waals surface area contributed by atoms with Crippen LogP contribution in [0.25, 0.3) is 0 Å². The zero-order valence-electron chi connectivity index (χ0n) is 17.4. The van der Waals surface area contributed by atoms with Gasteiger partial charge in [-0.15, -0.1) is 0 Å². The molecule has 3 amide bonds. The maximum atomic E-state index is 12.8. The molecule has 1 heterocycles. The quantitative estimate of drug-likeness (QED) is 0.611. The molecule has 6 nitrogen and oxygen atoms in total. The van der Waals surface area contributed by atoms with Gasteiger partial charge in [-0.1, -0.05) is 60.7 Å². The third kappa shape index (κ3) is 4.69. The summed E-state index contributed by atoms with van der Waals surface area (Å²) in [5.74, 6) is 0.640. The topological polar surface area (TPSA) is 70.7 Å². The number of rotatable bonds is 6. The number of nitrogens with zero attached hydrogens (tertiary/aromatic N) is 1. The lowest BCUT2D eigenvalue weighted by molar-refractivity contribution is -0.117. The number of anilines is 2. The number of methoxy groups -OCH3 is 1. The first-order chi connectivity index (χ1) is 15.2. The molecule has 3 aromatic rings. The van der Waals surface area contributed by atoms with Gasteiger partial charge in [0.2, 0.25) is 5.91 Å². The van der Waals surface area contributed by atoms with Crippen LogP contribution in [-0.2, 0) is 4.79 Å². The summed E-state index contributed by atoms with van der Waals surface area (Å²) in [6.07, 6.45) is 1.39. The minimum absolute atomic E-state index is 0.0883. The van der Waals surface area contributed by atoms with Crippen molar-refractivity contribution < 1.29 is 14.3 Å². The normalized spacial score (nSPS) is 13.4. The maximum absolute atomic E-state index is 12.8. The number of nitrogens with one attached hydrogen (secondary N) is 2. The Morgan fingerprint density at radius 2 is 1.61 bits per heavy atom. The summed E-state index contributed by atoms with van der Waals surface area (Å²) in [7, 11) is 1.56. The second kappa shape index (κ2) is 9.34. The molecule has 1 aliphatic rings. The van der Waals surface area contributed by atoms with Gasteiger partial charge in [-0.25, -0.2) is 4.79 Å². The molecule has 0 spiro atoms. The average molecular weight is 415 g/mol. The lowest BCUT2D eigenvalue weighted by Gasteiger charge is -2.21. The van der Waals surface area contributed by atoms with Crippen LogP contribution in [0.5, 0.6) is 5.75 Å². The number of hydrogen-bond donors (Lipinski definition) is 2. The van der Waals surface area contributed by atoms with E-state index in [4.69, 9.17) is 4.74 Å². The molecule has 1 fully saturated rings. The van der Waals surface area contributed by atoms with Crippen molar-refractivity contribution in [2.24, 2.45) is 0 Å². The molecule has 1 aliphatic heterocycles. The number of hydrogen-bond acceptors (Lipinski definition) is 3. The van der Waals surface area contributed by atoms with Crippen LogP contribution in [0, 0.1) is 0 Å². The molecular weight excluding hydrogens is 390 g/mol. The molecule has 0 atom stereocenters. The number of urea groups is 1. The van der Waals surface area contributed by atoms with E-state index in [-0.39, 0.29) is 18.0 Å². The molecule has 0 saturated carbocycles. The van der Waals surface area contributed by atoms with Gasteiger partial charge < -0.3 is 20.3 Å². The fraction of sp³-hybridized carbons (Fsp3) is 0.200. The molecule has 3 aromatic carbocycles. The van der Waals surface area contributed by atoms with Gasteiger partial charge in [-0.05, 0) is 29.7 Å². The molecule has 0 radical (unpaired) electrons. The summed E-state index contributed by atoms with van der Waals surface area (Å²) in [4.78, 5) is 26.6. The van der Waals surface area contributed by atoms with Gasteiger partial charge in [0.25, 0.3) is 0 Å². The monoisotopic (exact) mass is 415 g/mol. The first-order valence-corrected chi connectivity index (χ1v) is 10.3. The van der Waals surface area contributed by atoms with Crippen LogP contribution in [-0.4, -0.2) is 25.6 Å². The van der Waals surface area contributed by atoms with Gasteiger partial charge >= 0.3 is 6.03 Å². The summed E-state index contributed by atoms with van der Waals surface area (Å²) in [6, 6.07) is 24.4. The lowest BCUT2D eigenvalue weighted by atomic mass is 9.99. The molecule has 0 bridgehead atoms. The molecule has 158 valence electrons. The Labute approximate surface area is 181 Å². The Morgan fingerprint density at radius 3 is 2.16 bits per heavy atom. The minimum atomic E-state index is -0.329. The van der Waals surface area contributed by atoms with Crippen LogP contribution >= 0.6 is 0 Å². The maximum Gasteiger partial charge on any atom is 0.319 e. The molecule has 6 heteroatoms. The lowest BCUT2D eigenvalue weighted by Crippen LogP contribution is -2.33. The highest BCUT2D eigenvalue weighted by Gasteiger charge is 2.25. The molecule has 0 aliphatic carbocycles. The first-order valence-electron chi connectivity index (χ1n) is 10.3. The van der Waals surface area contributed by atoms with E-state index in [1.54, 1.807) is 24.1 Å². The Bertz CT molecular complexity index is 1010. The van der Waals surface area contributed by atoms with Gasteiger partial charge in [0.1, 0.15) is 5.75 Å². The number of amides is 3. The van der Waals surface area contributed by atoms with E-state index in [1.165, 1.54) is 0 Å². The van der Waals surface area contributed by atoms with Gasteiger partial charge in [0.15, 0.2) is 0 Å². The minimum Gasteiger partial charge on any atom is -0.494 e. The van der Waals surface area contributed by atoms with Crippen LogP contribution in [0.2, 0.25) is 0 Å². The van der Waals surface area contributed by atoms with Crippen molar-refractivity contribution in [3.63, 3.8) is 0 Å². The van der Waals surface area contributed by atoms with E-state index >= 15 is 0 Å². The molecular formula is C25H25N3O3. The van der Waals surface area contributed by atoms with Crippen LogP contribution < -0.4 is 20.3 Å². The summed E-state index contributed by atoms with van der Waals surface area (Å²) >= 11 is 0. The Balaban J connectivity index is 1.52. The van der Waals surface area contributed by atoms with Crippen molar-refractivity contribution in [2.45, 2.75) is 18.9 Å². The Hall–Kier alpha value is -3.80. The molecule has 1 saturated heterocycles. The number of ether oxygens (including phenoxy) is 1. The number of benzene rings is 3. The molecule has 31 heavy (non-hydrogen) atoms. The molecule has 2 N–H and O–H groups in total. The average Bonchev–Trinajstić information content (AvgIpc) is 3.24. The van der Waals surface area contributed by atoms with E-state index in [9.17, 15) is 9.59 Å². The molecule has 4 rings (SSSR count). The second-order valence-electron chi connectivity index (χ2n) is 7.39. The van der Waals surface area contributed by atoms with E-state index < -0.39 is 0 Å². The van der Waals surface area contributed by atoms with Crippen molar-refractivity contribution in [1.82, 2.24) is 5.32 Å². The highest BCUT2D eigenvalue weighted by atomic mass is 16.5. The molecule has 0 aromatic heterocycles. The smallest absolute Gasteiger partial charge is 0.319 e. The van der Waals surface area contributed by atoms with E-state index in [0.717, 1.165) is 23.2 Å². The summed E-state index contributed by atoms with van der Waals surface area (Å²) in [6.45, 7) is 0.679. The highest BCUT2D eigenvalue weighted by Crippen LogP contribution is 2.34. The predicted molar refractivity (Wildman–Crippen MR) is 121 cm³/mol. The first kappa shape index (κ1) is 20.5. The summed E-state index contributed by atoms with van der Waals surface area (Å²) in [5, 5.41) is 5.94. The standard InChI is InChI=1S/C25H25N3O3/c1-31-22-17-20(14-15-21(22)28-16-8-13-23(28)29)26-25(30)27-24(18-9-4-2-5-10-18)19-11-6-3-7-12-19/h2-7,9-12,14-15,17,24H,8,13,16H2,1H3,(H2,26,27,30). The fourth-order valence-electron chi connectivity index (χ4n) is 3.83. The predicted octanol–water partition coefficient (Wildman–Crippen LogP) is 4.73. The fourth-order valence-corrected chi connectivity index (χ4v) is 3.83. The van der Waals surface area contributed by atoms with Crippen molar-refractivity contribution >= 4 is 23.3 Å².